The zero-order valence-electron chi connectivity index (χ0n) is 20.8. The van der Waals surface area contributed by atoms with Crippen LogP contribution < -0.4 is 16.4 Å². The number of benzene rings is 4. The molecule has 4 aromatic rings. The van der Waals surface area contributed by atoms with E-state index in [4.69, 9.17) is 5.73 Å². The molecule has 4 aromatic carbocycles. The second kappa shape index (κ2) is 10.3. The summed E-state index contributed by atoms with van der Waals surface area (Å²) < 4.78 is 0. The largest absolute Gasteiger partial charge is 0.399 e. The minimum atomic E-state index is 0.0287. The molecular formula is C34H31N3. The van der Waals surface area contributed by atoms with Crippen LogP contribution in [0.4, 0.5) is 5.69 Å². The molecule has 0 bridgehead atoms. The third kappa shape index (κ3) is 5.00. The Hall–Kier alpha value is -4.34. The lowest BCUT2D eigenvalue weighted by Crippen LogP contribution is -2.37. The summed E-state index contributed by atoms with van der Waals surface area (Å²) in [4.78, 5) is 0. The van der Waals surface area contributed by atoms with Crippen LogP contribution in [0.2, 0.25) is 0 Å². The average molecular weight is 482 g/mol. The van der Waals surface area contributed by atoms with Crippen molar-refractivity contribution in [3.05, 3.63) is 144 Å². The number of anilines is 1. The van der Waals surface area contributed by atoms with Crippen molar-refractivity contribution in [2.24, 2.45) is 0 Å². The van der Waals surface area contributed by atoms with Crippen LogP contribution in [0.15, 0.2) is 128 Å². The summed E-state index contributed by atoms with van der Waals surface area (Å²) in [5.74, 6) is 0. The van der Waals surface area contributed by atoms with Gasteiger partial charge >= 0.3 is 0 Å². The number of nitrogens with two attached hydrogens (primary N) is 1. The van der Waals surface area contributed by atoms with Crippen LogP contribution in [0.3, 0.4) is 0 Å². The molecule has 1 aliphatic carbocycles. The van der Waals surface area contributed by atoms with Gasteiger partial charge in [-0.1, -0.05) is 91.0 Å². The van der Waals surface area contributed by atoms with E-state index in [2.05, 4.69) is 120 Å². The molecule has 3 nitrogen and oxygen atoms in total. The van der Waals surface area contributed by atoms with Gasteiger partial charge in [0.1, 0.15) is 6.17 Å². The van der Waals surface area contributed by atoms with Crippen molar-refractivity contribution >= 4 is 11.3 Å². The van der Waals surface area contributed by atoms with E-state index in [0.29, 0.717) is 0 Å². The van der Waals surface area contributed by atoms with Crippen molar-refractivity contribution in [2.45, 2.75) is 25.0 Å². The smallest absolute Gasteiger partial charge is 0.103 e. The lowest BCUT2D eigenvalue weighted by Gasteiger charge is -2.29. The summed E-state index contributed by atoms with van der Waals surface area (Å²) >= 11 is 0. The summed E-state index contributed by atoms with van der Waals surface area (Å²) in [6.45, 7) is 0. The first-order valence-electron chi connectivity index (χ1n) is 12.9. The summed E-state index contributed by atoms with van der Waals surface area (Å²) in [6, 6.07) is 34.6. The lowest BCUT2D eigenvalue weighted by molar-refractivity contribution is 0.433. The zero-order chi connectivity index (χ0) is 25.0. The van der Waals surface area contributed by atoms with Gasteiger partial charge in [-0.2, -0.15) is 0 Å². The molecule has 2 atom stereocenters. The molecule has 37 heavy (non-hydrogen) atoms. The molecular weight excluding hydrogens is 450 g/mol. The maximum atomic E-state index is 5.89. The molecule has 0 saturated heterocycles. The molecule has 0 radical (unpaired) electrons. The van der Waals surface area contributed by atoms with Crippen molar-refractivity contribution in [2.75, 3.05) is 5.73 Å². The van der Waals surface area contributed by atoms with Gasteiger partial charge in [-0.25, -0.2) is 0 Å². The number of rotatable bonds is 5. The van der Waals surface area contributed by atoms with Gasteiger partial charge in [0.15, 0.2) is 0 Å². The summed E-state index contributed by atoms with van der Waals surface area (Å²) in [7, 11) is 0. The highest BCUT2D eigenvalue weighted by molar-refractivity contribution is 5.85. The van der Waals surface area contributed by atoms with E-state index >= 15 is 0 Å². The van der Waals surface area contributed by atoms with Gasteiger partial charge in [0.05, 0.1) is 6.04 Å². The van der Waals surface area contributed by atoms with Gasteiger partial charge in [-0.05, 0) is 93.9 Å². The first-order valence-corrected chi connectivity index (χ1v) is 12.9. The predicted molar refractivity (Wildman–Crippen MR) is 155 cm³/mol. The maximum Gasteiger partial charge on any atom is 0.103 e. The third-order valence-corrected chi connectivity index (χ3v) is 7.21. The Morgan fingerprint density at radius 1 is 0.703 bits per heavy atom. The van der Waals surface area contributed by atoms with Crippen LogP contribution in [0.1, 0.15) is 41.7 Å². The van der Waals surface area contributed by atoms with E-state index in [1.165, 1.54) is 39.0 Å². The second-order valence-electron chi connectivity index (χ2n) is 9.68. The van der Waals surface area contributed by atoms with Crippen LogP contribution >= 0.6 is 0 Å². The van der Waals surface area contributed by atoms with E-state index in [9.17, 15) is 0 Å². The van der Waals surface area contributed by atoms with E-state index in [0.717, 1.165) is 24.1 Å². The number of hydrogen-bond acceptors (Lipinski definition) is 3. The molecule has 0 spiro atoms. The van der Waals surface area contributed by atoms with E-state index < -0.39 is 0 Å². The minimum absolute atomic E-state index is 0.0287. The molecule has 0 saturated carbocycles. The molecule has 6 rings (SSSR count). The molecule has 0 amide bonds. The topological polar surface area (TPSA) is 50.1 Å². The monoisotopic (exact) mass is 481 g/mol. The number of hydrogen-bond donors (Lipinski definition) is 3. The molecule has 2 unspecified atom stereocenters. The van der Waals surface area contributed by atoms with E-state index in [-0.39, 0.29) is 12.2 Å². The standard InChI is InChI=1S/C34H31N3/c35-30-17-14-26(15-18-30)34-36-21-20-33(37-34)29-13-7-12-27(22-29)28-16-19-31(24-8-3-1-4-9-24)32(23-28)25-10-5-2-6-11-25/h1-3,5-8,10-23,33-34,36-37H,4,9,35H2. The number of allylic oxidation sites excluding steroid dienone is 4. The van der Waals surface area contributed by atoms with Crippen LogP contribution in [0.25, 0.3) is 27.8 Å². The van der Waals surface area contributed by atoms with Crippen molar-refractivity contribution in [3.8, 4) is 22.3 Å². The first-order chi connectivity index (χ1) is 18.2. The van der Waals surface area contributed by atoms with E-state index in [1.54, 1.807) is 0 Å². The van der Waals surface area contributed by atoms with Gasteiger partial charge in [0.2, 0.25) is 0 Å². The molecule has 3 heteroatoms. The van der Waals surface area contributed by atoms with Crippen molar-refractivity contribution in [1.82, 2.24) is 10.6 Å². The highest BCUT2D eigenvalue weighted by Gasteiger charge is 2.20. The van der Waals surface area contributed by atoms with Gasteiger partial charge in [-0.15, -0.1) is 0 Å². The van der Waals surface area contributed by atoms with Crippen molar-refractivity contribution in [3.63, 3.8) is 0 Å². The Labute approximate surface area is 219 Å². The predicted octanol–water partition coefficient (Wildman–Crippen LogP) is 7.78. The molecule has 1 heterocycles. The fraction of sp³-hybridized carbons (Fsp3) is 0.118. The van der Waals surface area contributed by atoms with Crippen molar-refractivity contribution < 1.29 is 0 Å². The lowest BCUT2D eigenvalue weighted by atomic mass is 9.87. The Morgan fingerprint density at radius 3 is 2.32 bits per heavy atom. The average Bonchev–Trinajstić information content (AvgIpc) is 2.98. The summed E-state index contributed by atoms with van der Waals surface area (Å²) in [5, 5.41) is 7.14. The van der Waals surface area contributed by atoms with Crippen LogP contribution in [-0.4, -0.2) is 0 Å². The molecule has 4 N–H and O–H groups in total. The fourth-order valence-electron chi connectivity index (χ4n) is 5.22. The van der Waals surface area contributed by atoms with Gasteiger partial charge in [-0.3, -0.25) is 5.32 Å². The molecule has 1 aliphatic heterocycles. The van der Waals surface area contributed by atoms with Crippen LogP contribution in [-0.2, 0) is 0 Å². The molecule has 2 aliphatic rings. The SMILES string of the molecule is Nc1ccc(C2NC=CC(c3cccc(-c4ccc(C5=CC=CCC5)c(-c5ccccc5)c4)c3)N2)cc1. The van der Waals surface area contributed by atoms with Crippen LogP contribution in [0.5, 0.6) is 0 Å². The normalized spacial score (nSPS) is 18.8. The Balaban J connectivity index is 1.33. The first kappa shape index (κ1) is 23.1. The zero-order valence-corrected chi connectivity index (χ0v) is 20.8. The Kier molecular flexibility index (Phi) is 6.45. The Morgan fingerprint density at radius 2 is 1.51 bits per heavy atom. The Bertz CT molecular complexity index is 1480. The van der Waals surface area contributed by atoms with Gasteiger partial charge in [0.25, 0.3) is 0 Å². The number of nitrogens with one attached hydrogen (secondary N) is 2. The second-order valence-corrected chi connectivity index (χ2v) is 9.68. The minimum Gasteiger partial charge on any atom is -0.399 e. The molecule has 0 aromatic heterocycles. The van der Waals surface area contributed by atoms with Crippen molar-refractivity contribution in [1.29, 1.82) is 0 Å². The van der Waals surface area contributed by atoms with Gasteiger partial charge < -0.3 is 11.1 Å². The highest BCUT2D eigenvalue weighted by atomic mass is 15.1. The fourth-order valence-corrected chi connectivity index (χ4v) is 5.22. The van der Waals surface area contributed by atoms with E-state index in [1.807, 2.05) is 18.3 Å². The van der Waals surface area contributed by atoms with Crippen LogP contribution in [0, 0.1) is 0 Å². The quantitative estimate of drug-likeness (QED) is 0.255. The highest BCUT2D eigenvalue weighted by Crippen LogP contribution is 2.36. The number of nitrogen functional groups attached to an aromatic ring is 1. The molecule has 0 fully saturated rings. The molecule has 182 valence electrons. The maximum absolute atomic E-state index is 5.89. The summed E-state index contributed by atoms with van der Waals surface area (Å²) in [6.07, 6.45) is 13.1. The summed E-state index contributed by atoms with van der Waals surface area (Å²) in [5.41, 5.74) is 16.8. The van der Waals surface area contributed by atoms with Gasteiger partial charge in [0, 0.05) is 5.69 Å². The third-order valence-electron chi connectivity index (χ3n) is 7.21.